The lowest BCUT2D eigenvalue weighted by Gasteiger charge is -2.10. The summed E-state index contributed by atoms with van der Waals surface area (Å²) in [7, 11) is 1.63. The van der Waals surface area contributed by atoms with Gasteiger partial charge < -0.3 is 14.5 Å². The standard InChI is InChI=1S/C28H29NO3/c1-4-5-8-13-29-28(30)14-19(2)23-16-24-25(18-32-27(24)17-26(23)31-3)22-12-11-20-9-6-7-10-21(20)15-22/h6-7,9-12,14-18H,4-5,8,13H2,1-3H3,(H,29,30)/b19-14+. The molecular weight excluding hydrogens is 398 g/mol. The van der Waals surface area contributed by atoms with Crippen molar-refractivity contribution in [3.05, 3.63) is 72.5 Å². The molecule has 0 aliphatic heterocycles. The average molecular weight is 428 g/mol. The van der Waals surface area contributed by atoms with Crippen LogP contribution < -0.4 is 10.1 Å². The van der Waals surface area contributed by atoms with Gasteiger partial charge in [0.1, 0.15) is 11.3 Å². The molecule has 0 radical (unpaired) electrons. The zero-order valence-corrected chi connectivity index (χ0v) is 18.9. The number of hydrogen-bond acceptors (Lipinski definition) is 3. The van der Waals surface area contributed by atoms with Crippen molar-refractivity contribution in [2.24, 2.45) is 0 Å². The fourth-order valence-electron chi connectivity index (χ4n) is 4.02. The predicted octanol–water partition coefficient (Wildman–Crippen LogP) is 6.97. The van der Waals surface area contributed by atoms with E-state index in [0.717, 1.165) is 52.5 Å². The molecule has 1 aromatic heterocycles. The molecule has 0 aliphatic carbocycles. The zero-order chi connectivity index (χ0) is 22.5. The van der Waals surface area contributed by atoms with E-state index in [1.165, 1.54) is 10.8 Å². The minimum absolute atomic E-state index is 0.0808. The Morgan fingerprint density at radius 1 is 1.06 bits per heavy atom. The van der Waals surface area contributed by atoms with Gasteiger partial charge in [0.25, 0.3) is 0 Å². The summed E-state index contributed by atoms with van der Waals surface area (Å²) in [6.07, 6.45) is 6.68. The van der Waals surface area contributed by atoms with Crippen molar-refractivity contribution in [2.75, 3.05) is 13.7 Å². The Balaban J connectivity index is 1.70. The van der Waals surface area contributed by atoms with Crippen LogP contribution in [0, 0.1) is 0 Å². The van der Waals surface area contributed by atoms with Crippen molar-refractivity contribution in [2.45, 2.75) is 33.1 Å². The molecule has 0 unspecified atom stereocenters. The lowest BCUT2D eigenvalue weighted by Crippen LogP contribution is -2.22. The number of ether oxygens (including phenoxy) is 1. The van der Waals surface area contributed by atoms with Gasteiger partial charge in [-0.1, -0.05) is 56.2 Å². The van der Waals surface area contributed by atoms with Crippen molar-refractivity contribution in [1.29, 1.82) is 0 Å². The topological polar surface area (TPSA) is 51.5 Å². The van der Waals surface area contributed by atoms with Crippen LogP contribution in [0.5, 0.6) is 5.75 Å². The van der Waals surface area contributed by atoms with Crippen LogP contribution in [-0.2, 0) is 4.79 Å². The minimum Gasteiger partial charge on any atom is -0.496 e. The smallest absolute Gasteiger partial charge is 0.244 e. The molecule has 0 spiro atoms. The van der Waals surface area contributed by atoms with Crippen LogP contribution in [0.15, 0.2) is 71.4 Å². The number of furan rings is 1. The van der Waals surface area contributed by atoms with E-state index in [9.17, 15) is 4.79 Å². The molecule has 0 bridgehead atoms. The number of unbranched alkanes of at least 4 members (excludes halogenated alkanes) is 2. The number of carbonyl (C=O) groups excluding carboxylic acids is 1. The van der Waals surface area contributed by atoms with Crippen LogP contribution in [0.1, 0.15) is 38.7 Å². The van der Waals surface area contributed by atoms with Crippen LogP contribution in [0.2, 0.25) is 0 Å². The van der Waals surface area contributed by atoms with Crippen LogP contribution in [0.3, 0.4) is 0 Å². The molecule has 4 rings (SSSR count). The molecule has 0 saturated heterocycles. The quantitative estimate of drug-likeness (QED) is 0.244. The zero-order valence-electron chi connectivity index (χ0n) is 18.9. The van der Waals surface area contributed by atoms with Crippen LogP contribution in [0.4, 0.5) is 0 Å². The van der Waals surface area contributed by atoms with E-state index in [4.69, 9.17) is 9.15 Å². The monoisotopic (exact) mass is 427 g/mol. The fraction of sp³-hybridized carbons (Fsp3) is 0.250. The largest absolute Gasteiger partial charge is 0.496 e. The Kier molecular flexibility index (Phi) is 6.60. The Hall–Kier alpha value is -3.53. The Labute approximate surface area is 188 Å². The number of fused-ring (bicyclic) bond motifs is 2. The first-order valence-electron chi connectivity index (χ1n) is 11.2. The molecule has 4 aromatic rings. The van der Waals surface area contributed by atoms with Gasteiger partial charge in [0.2, 0.25) is 5.91 Å². The average Bonchev–Trinajstić information content (AvgIpc) is 3.23. The highest BCUT2D eigenvalue weighted by Crippen LogP contribution is 2.38. The molecule has 0 aliphatic rings. The van der Waals surface area contributed by atoms with E-state index in [1.54, 1.807) is 19.4 Å². The molecule has 3 aromatic carbocycles. The summed E-state index contributed by atoms with van der Waals surface area (Å²) in [6.45, 7) is 4.78. The minimum atomic E-state index is -0.0808. The number of carbonyl (C=O) groups is 1. The Bertz CT molecular complexity index is 1280. The van der Waals surface area contributed by atoms with Crippen molar-refractivity contribution >= 4 is 33.2 Å². The number of rotatable bonds is 8. The summed E-state index contributed by atoms with van der Waals surface area (Å²) in [5, 5.41) is 6.35. The first-order valence-corrected chi connectivity index (χ1v) is 11.2. The van der Waals surface area contributed by atoms with Gasteiger partial charge in [-0.15, -0.1) is 0 Å². The Morgan fingerprint density at radius 2 is 1.88 bits per heavy atom. The van der Waals surface area contributed by atoms with Gasteiger partial charge >= 0.3 is 0 Å². The second-order valence-corrected chi connectivity index (χ2v) is 8.09. The molecule has 0 atom stereocenters. The summed E-state index contributed by atoms with van der Waals surface area (Å²) in [5.74, 6) is 0.604. The summed E-state index contributed by atoms with van der Waals surface area (Å²) < 4.78 is 11.5. The van der Waals surface area contributed by atoms with Crippen molar-refractivity contribution in [3.63, 3.8) is 0 Å². The maximum absolute atomic E-state index is 12.4. The van der Waals surface area contributed by atoms with E-state index in [2.05, 4.69) is 48.6 Å². The van der Waals surface area contributed by atoms with Gasteiger partial charge in [-0.3, -0.25) is 4.79 Å². The molecule has 0 fully saturated rings. The van der Waals surface area contributed by atoms with E-state index >= 15 is 0 Å². The maximum atomic E-state index is 12.4. The number of allylic oxidation sites excluding steroid dienone is 1. The SMILES string of the molecule is CCCCCNC(=O)/C=C(\C)c1cc2c(-c3ccc4ccccc4c3)coc2cc1OC. The van der Waals surface area contributed by atoms with Gasteiger partial charge in [-0.2, -0.15) is 0 Å². The van der Waals surface area contributed by atoms with Gasteiger partial charge in [0.15, 0.2) is 0 Å². The number of hydrogen-bond donors (Lipinski definition) is 1. The molecule has 164 valence electrons. The van der Waals surface area contributed by atoms with Crippen LogP contribution in [-0.4, -0.2) is 19.6 Å². The first kappa shape index (κ1) is 21.7. The van der Waals surface area contributed by atoms with Gasteiger partial charge in [0.05, 0.1) is 13.4 Å². The molecule has 32 heavy (non-hydrogen) atoms. The van der Waals surface area contributed by atoms with Crippen molar-refractivity contribution < 1.29 is 13.9 Å². The fourth-order valence-corrected chi connectivity index (χ4v) is 4.02. The normalized spacial score (nSPS) is 11.8. The van der Waals surface area contributed by atoms with Crippen LogP contribution in [0.25, 0.3) is 38.4 Å². The highest BCUT2D eigenvalue weighted by Gasteiger charge is 2.15. The molecule has 0 saturated carbocycles. The maximum Gasteiger partial charge on any atom is 0.244 e. The first-order chi connectivity index (χ1) is 15.6. The predicted molar refractivity (Wildman–Crippen MR) is 132 cm³/mol. The highest BCUT2D eigenvalue weighted by molar-refractivity contribution is 6.01. The summed E-state index contributed by atoms with van der Waals surface area (Å²) in [5.41, 5.74) is 4.60. The molecule has 4 heteroatoms. The summed E-state index contributed by atoms with van der Waals surface area (Å²) >= 11 is 0. The number of nitrogens with one attached hydrogen (secondary N) is 1. The van der Waals surface area contributed by atoms with Gasteiger partial charge in [0, 0.05) is 35.2 Å². The summed E-state index contributed by atoms with van der Waals surface area (Å²) in [6, 6.07) is 18.7. The molecule has 4 nitrogen and oxygen atoms in total. The van der Waals surface area contributed by atoms with E-state index in [0.29, 0.717) is 12.3 Å². The molecule has 1 N–H and O–H groups in total. The molecule has 1 amide bonds. The van der Waals surface area contributed by atoms with E-state index < -0.39 is 0 Å². The third-order valence-corrected chi connectivity index (χ3v) is 5.81. The number of methoxy groups -OCH3 is 1. The highest BCUT2D eigenvalue weighted by atomic mass is 16.5. The van der Waals surface area contributed by atoms with E-state index in [1.807, 2.05) is 25.1 Å². The van der Waals surface area contributed by atoms with E-state index in [-0.39, 0.29) is 5.91 Å². The van der Waals surface area contributed by atoms with Crippen molar-refractivity contribution in [3.8, 4) is 16.9 Å². The second-order valence-electron chi connectivity index (χ2n) is 8.09. The summed E-state index contributed by atoms with van der Waals surface area (Å²) in [4.78, 5) is 12.4. The van der Waals surface area contributed by atoms with Gasteiger partial charge in [-0.05, 0) is 47.4 Å². The lowest BCUT2D eigenvalue weighted by atomic mass is 9.97. The van der Waals surface area contributed by atoms with Crippen molar-refractivity contribution in [1.82, 2.24) is 5.32 Å². The molecule has 1 heterocycles. The second kappa shape index (κ2) is 9.73. The third-order valence-electron chi connectivity index (χ3n) is 5.81. The lowest BCUT2D eigenvalue weighted by molar-refractivity contribution is -0.116. The van der Waals surface area contributed by atoms with Crippen LogP contribution >= 0.6 is 0 Å². The number of amides is 1. The number of benzene rings is 3. The Morgan fingerprint density at radius 3 is 2.66 bits per heavy atom. The third kappa shape index (κ3) is 4.54. The molecular formula is C28H29NO3. The van der Waals surface area contributed by atoms with Gasteiger partial charge in [-0.25, -0.2) is 0 Å².